The van der Waals surface area contributed by atoms with Crippen molar-refractivity contribution in [3.8, 4) is 0 Å². The lowest BCUT2D eigenvalue weighted by molar-refractivity contribution is -0.155. The lowest BCUT2D eigenvalue weighted by Crippen LogP contribution is -2.56. The summed E-state index contributed by atoms with van der Waals surface area (Å²) in [6.45, 7) is 4.21. The highest BCUT2D eigenvalue weighted by Crippen LogP contribution is 2.47. The summed E-state index contributed by atoms with van der Waals surface area (Å²) in [5.41, 5.74) is 1.20. The molecular formula is C33H47ClN6O4. The van der Waals surface area contributed by atoms with Crippen molar-refractivity contribution < 1.29 is 19.1 Å². The summed E-state index contributed by atoms with van der Waals surface area (Å²) in [5, 5.41) is 11.6. The second-order valence-electron chi connectivity index (χ2n) is 12.9. The van der Waals surface area contributed by atoms with E-state index < -0.39 is 11.9 Å². The zero-order chi connectivity index (χ0) is 30.9. The van der Waals surface area contributed by atoms with Crippen molar-refractivity contribution in [1.82, 2.24) is 30.3 Å². The van der Waals surface area contributed by atoms with Crippen LogP contribution in [0.3, 0.4) is 0 Å². The van der Waals surface area contributed by atoms with E-state index in [0.29, 0.717) is 17.4 Å². The number of aromatic nitrogens is 3. The van der Waals surface area contributed by atoms with Crippen LogP contribution in [-0.2, 0) is 32.1 Å². The molecule has 2 N–H and O–H groups in total. The van der Waals surface area contributed by atoms with E-state index in [1.807, 2.05) is 35.3 Å². The standard InChI is InChI=1S/C33H47ClN6O4/c1-2-44-32(43)30(41)38-28-14-12-27(13-15-28)37-29(20-24-8-10-26(34)11-9-24)31(42)39-18-16-33(17-19-39,21-40-23-35-22-36-40)25-6-4-3-5-7-25/h8-11,22-23,25,27-29,37H,2-7,12-21H2,1H3,(H,38,41)/t27?,28?,29-/m1/s1. The number of carbonyl (C=O) groups is 3. The number of nitrogens with zero attached hydrogens (tertiary/aromatic N) is 4. The molecule has 1 saturated heterocycles. The molecule has 2 heterocycles. The number of likely N-dealkylation sites (tertiary alicyclic amines) is 1. The number of hydrogen-bond donors (Lipinski definition) is 2. The quantitative estimate of drug-likeness (QED) is 0.298. The van der Waals surface area contributed by atoms with Crippen LogP contribution in [0.25, 0.3) is 0 Å². The van der Waals surface area contributed by atoms with Gasteiger partial charge >= 0.3 is 11.9 Å². The highest BCUT2D eigenvalue weighted by Gasteiger charge is 2.44. The number of benzene rings is 1. The van der Waals surface area contributed by atoms with E-state index >= 15 is 0 Å². The monoisotopic (exact) mass is 626 g/mol. The molecule has 1 aliphatic heterocycles. The summed E-state index contributed by atoms with van der Waals surface area (Å²) in [4.78, 5) is 44.3. The van der Waals surface area contributed by atoms with Crippen molar-refractivity contribution in [3.63, 3.8) is 0 Å². The van der Waals surface area contributed by atoms with E-state index in [1.54, 1.807) is 13.3 Å². The second-order valence-corrected chi connectivity index (χ2v) is 13.3. The summed E-state index contributed by atoms with van der Waals surface area (Å²) in [7, 11) is 0. The van der Waals surface area contributed by atoms with Crippen molar-refractivity contribution in [2.45, 2.75) is 109 Å². The molecule has 1 aromatic heterocycles. The smallest absolute Gasteiger partial charge is 0.396 e. The lowest BCUT2D eigenvalue weighted by atomic mass is 9.63. The zero-order valence-corrected chi connectivity index (χ0v) is 26.6. The van der Waals surface area contributed by atoms with E-state index in [4.69, 9.17) is 16.3 Å². The van der Waals surface area contributed by atoms with Crippen LogP contribution in [-0.4, -0.2) is 75.3 Å². The molecule has 44 heavy (non-hydrogen) atoms. The molecule has 1 atom stereocenters. The van der Waals surface area contributed by atoms with E-state index in [0.717, 1.165) is 63.7 Å². The molecule has 0 bridgehead atoms. The van der Waals surface area contributed by atoms with Crippen LogP contribution < -0.4 is 10.6 Å². The van der Waals surface area contributed by atoms with Crippen molar-refractivity contribution >= 4 is 29.4 Å². The van der Waals surface area contributed by atoms with Crippen LogP contribution in [0.4, 0.5) is 0 Å². The first-order chi connectivity index (χ1) is 21.3. The summed E-state index contributed by atoms with van der Waals surface area (Å²) in [6, 6.07) is 7.45. The average Bonchev–Trinajstić information content (AvgIpc) is 3.56. The highest BCUT2D eigenvalue weighted by atomic mass is 35.5. The molecule has 0 spiro atoms. The second kappa shape index (κ2) is 15.3. The van der Waals surface area contributed by atoms with Crippen LogP contribution in [0.2, 0.25) is 5.02 Å². The fourth-order valence-corrected chi connectivity index (χ4v) is 7.77. The van der Waals surface area contributed by atoms with E-state index in [2.05, 4.69) is 25.6 Å². The number of rotatable bonds is 10. The molecule has 1 aromatic carbocycles. The van der Waals surface area contributed by atoms with Crippen molar-refractivity contribution in [2.75, 3.05) is 19.7 Å². The lowest BCUT2D eigenvalue weighted by Gasteiger charge is -2.48. The number of nitrogens with one attached hydrogen (secondary N) is 2. The van der Waals surface area contributed by atoms with Gasteiger partial charge in [0.05, 0.1) is 12.6 Å². The van der Waals surface area contributed by atoms with Gasteiger partial charge in [0.25, 0.3) is 0 Å². The molecule has 0 unspecified atom stereocenters. The van der Waals surface area contributed by atoms with E-state index in [1.165, 1.54) is 32.1 Å². The van der Waals surface area contributed by atoms with E-state index in [9.17, 15) is 14.4 Å². The Hall–Kier alpha value is -2.98. The van der Waals surface area contributed by atoms with Crippen molar-refractivity contribution in [1.29, 1.82) is 0 Å². The Morgan fingerprint density at radius 2 is 1.68 bits per heavy atom. The van der Waals surface area contributed by atoms with Gasteiger partial charge in [-0.2, -0.15) is 5.10 Å². The first kappa shape index (κ1) is 32.4. The molecule has 3 fully saturated rings. The van der Waals surface area contributed by atoms with Crippen LogP contribution in [0.15, 0.2) is 36.9 Å². The Morgan fingerprint density at radius 1 is 1.00 bits per heavy atom. The normalized spacial score (nSPS) is 23.1. The number of carbonyl (C=O) groups excluding carboxylic acids is 3. The van der Waals surface area contributed by atoms with Crippen molar-refractivity contribution in [2.24, 2.45) is 11.3 Å². The Labute approximate surface area is 265 Å². The number of amides is 2. The molecule has 5 rings (SSSR count). The fraction of sp³-hybridized carbons (Fsp3) is 0.667. The minimum absolute atomic E-state index is 0.0737. The van der Waals surface area contributed by atoms with Crippen LogP contribution in [0.1, 0.15) is 83.1 Å². The third-order valence-electron chi connectivity index (χ3n) is 10.1. The third kappa shape index (κ3) is 8.38. The summed E-state index contributed by atoms with van der Waals surface area (Å²) >= 11 is 6.16. The molecule has 10 nitrogen and oxygen atoms in total. The van der Waals surface area contributed by atoms with E-state index in [-0.39, 0.29) is 36.1 Å². The van der Waals surface area contributed by atoms with Gasteiger partial charge < -0.3 is 20.3 Å². The third-order valence-corrected chi connectivity index (χ3v) is 10.3. The molecule has 240 valence electrons. The predicted molar refractivity (Wildman–Crippen MR) is 168 cm³/mol. The summed E-state index contributed by atoms with van der Waals surface area (Å²) < 4.78 is 6.81. The maximum absolute atomic E-state index is 14.2. The van der Waals surface area contributed by atoms with Gasteiger partial charge in [-0.15, -0.1) is 0 Å². The molecule has 11 heteroatoms. The number of ether oxygens (including phenoxy) is 1. The van der Waals surface area contributed by atoms with Gasteiger partial charge in [0.2, 0.25) is 5.91 Å². The molecular weight excluding hydrogens is 580 g/mol. The number of piperidine rings is 1. The topological polar surface area (TPSA) is 118 Å². The van der Waals surface area contributed by atoms with Gasteiger partial charge in [-0.1, -0.05) is 43.0 Å². The number of halogens is 1. The van der Waals surface area contributed by atoms with Gasteiger partial charge in [0, 0.05) is 36.7 Å². The van der Waals surface area contributed by atoms with Crippen LogP contribution in [0, 0.1) is 11.3 Å². The highest BCUT2D eigenvalue weighted by molar-refractivity contribution is 6.32. The predicted octanol–water partition coefficient (Wildman–Crippen LogP) is 4.31. The zero-order valence-electron chi connectivity index (χ0n) is 25.9. The molecule has 3 aliphatic rings. The average molecular weight is 627 g/mol. The van der Waals surface area contributed by atoms with Crippen LogP contribution >= 0.6 is 11.6 Å². The minimum Gasteiger partial charge on any atom is -0.459 e. The van der Waals surface area contributed by atoms with Gasteiger partial charge in [0.1, 0.15) is 12.7 Å². The molecule has 2 saturated carbocycles. The maximum Gasteiger partial charge on any atom is 0.396 e. The number of hydrogen-bond acceptors (Lipinski definition) is 7. The Morgan fingerprint density at radius 3 is 2.32 bits per heavy atom. The van der Waals surface area contributed by atoms with Crippen molar-refractivity contribution in [3.05, 3.63) is 47.5 Å². The Kier molecular flexibility index (Phi) is 11.3. The summed E-state index contributed by atoms with van der Waals surface area (Å²) in [6.07, 6.45) is 15.5. The Balaban J connectivity index is 1.23. The fourth-order valence-electron chi connectivity index (χ4n) is 7.64. The molecule has 2 aliphatic carbocycles. The van der Waals surface area contributed by atoms with Gasteiger partial charge in [0.15, 0.2) is 0 Å². The minimum atomic E-state index is -0.836. The van der Waals surface area contributed by atoms with Gasteiger partial charge in [-0.3, -0.25) is 14.3 Å². The summed E-state index contributed by atoms with van der Waals surface area (Å²) in [5.74, 6) is -0.718. The van der Waals surface area contributed by atoms with Gasteiger partial charge in [-0.25, -0.2) is 9.78 Å². The van der Waals surface area contributed by atoms with Crippen LogP contribution in [0.5, 0.6) is 0 Å². The maximum atomic E-state index is 14.2. The van der Waals surface area contributed by atoms with Gasteiger partial charge in [-0.05, 0) is 93.7 Å². The first-order valence-electron chi connectivity index (χ1n) is 16.4. The first-order valence-corrected chi connectivity index (χ1v) is 16.8. The Bertz CT molecular complexity index is 1220. The largest absolute Gasteiger partial charge is 0.459 e. The molecule has 2 amide bonds. The number of esters is 1. The molecule has 2 aromatic rings. The SMILES string of the molecule is CCOC(=O)C(=O)NC1CCC(N[C@H](Cc2ccc(Cl)cc2)C(=O)N2CCC(Cn3cncn3)(C3CCCCC3)CC2)CC1. The molecule has 0 radical (unpaired) electrons.